The van der Waals surface area contributed by atoms with Crippen LogP contribution in [0, 0.1) is 6.92 Å². The van der Waals surface area contributed by atoms with Crippen molar-refractivity contribution in [2.24, 2.45) is 0 Å². The number of carbonyl (C=O) groups is 1. The van der Waals surface area contributed by atoms with E-state index >= 15 is 0 Å². The Morgan fingerprint density at radius 2 is 2.04 bits per heavy atom. The van der Waals surface area contributed by atoms with Gasteiger partial charge in [-0.05, 0) is 44.2 Å². The summed E-state index contributed by atoms with van der Waals surface area (Å²) < 4.78 is 0. The molecule has 1 aromatic rings. The number of rotatable bonds is 7. The van der Waals surface area contributed by atoms with E-state index in [0.29, 0.717) is 19.1 Å². The Balaban J connectivity index is 2.04. The molecule has 2 N–H and O–H groups in total. The molecule has 0 bridgehead atoms. The number of hydrogen-bond donors (Lipinski definition) is 2. The minimum atomic E-state index is -0.413. The van der Waals surface area contributed by atoms with Crippen molar-refractivity contribution in [3.05, 3.63) is 29.3 Å². The molecule has 1 aliphatic carbocycles. The summed E-state index contributed by atoms with van der Waals surface area (Å²) in [7, 11) is 0. The predicted octanol–water partition coefficient (Wildman–Crippen LogP) is 3.51. The van der Waals surface area contributed by atoms with E-state index in [1.54, 1.807) is 6.92 Å². The number of aryl methyl sites for hydroxylation is 2. The first kappa shape index (κ1) is 18.9. The lowest BCUT2D eigenvalue weighted by Crippen LogP contribution is -2.45. The second kappa shape index (κ2) is 9.19. The fourth-order valence-corrected chi connectivity index (χ4v) is 3.69. The zero-order chi connectivity index (χ0) is 17.5. The Bertz CT molecular complexity index is 536. The number of para-hydroxylation sites is 1. The van der Waals surface area contributed by atoms with Crippen molar-refractivity contribution in [2.75, 3.05) is 18.4 Å². The van der Waals surface area contributed by atoms with Crippen LogP contribution in [0.5, 0.6) is 0 Å². The van der Waals surface area contributed by atoms with Crippen molar-refractivity contribution in [3.63, 3.8) is 0 Å². The SMILES string of the molecule is CCc1cccc(C)c1NC(=O)CN(CC(C)O)C1CCCCC1. The van der Waals surface area contributed by atoms with Crippen molar-refractivity contribution >= 4 is 11.6 Å². The van der Waals surface area contributed by atoms with E-state index in [1.165, 1.54) is 24.8 Å². The van der Waals surface area contributed by atoms with Gasteiger partial charge in [-0.15, -0.1) is 0 Å². The third-order valence-electron chi connectivity index (χ3n) is 4.94. The summed E-state index contributed by atoms with van der Waals surface area (Å²) in [5.74, 6) is 0.0187. The minimum absolute atomic E-state index is 0.0187. The molecule has 0 radical (unpaired) electrons. The van der Waals surface area contributed by atoms with Gasteiger partial charge < -0.3 is 10.4 Å². The first-order chi connectivity index (χ1) is 11.5. The highest BCUT2D eigenvalue weighted by Gasteiger charge is 2.24. The minimum Gasteiger partial charge on any atom is -0.392 e. The Morgan fingerprint density at radius 3 is 2.67 bits per heavy atom. The molecule has 1 unspecified atom stereocenters. The molecule has 0 spiro atoms. The average Bonchev–Trinajstić information content (AvgIpc) is 2.56. The normalized spacial score (nSPS) is 17.0. The Kier molecular flexibility index (Phi) is 7.25. The summed E-state index contributed by atoms with van der Waals surface area (Å²) in [6.07, 6.45) is 6.48. The number of amides is 1. The lowest BCUT2D eigenvalue weighted by atomic mass is 9.94. The third kappa shape index (κ3) is 5.32. The summed E-state index contributed by atoms with van der Waals surface area (Å²) in [5, 5.41) is 12.9. The van der Waals surface area contributed by atoms with Crippen LogP contribution in [0.15, 0.2) is 18.2 Å². The molecule has 1 atom stereocenters. The predicted molar refractivity (Wildman–Crippen MR) is 99.3 cm³/mol. The molecule has 1 aromatic carbocycles. The van der Waals surface area contributed by atoms with E-state index < -0.39 is 6.10 Å². The van der Waals surface area contributed by atoms with Gasteiger partial charge in [0.25, 0.3) is 0 Å². The first-order valence-electron chi connectivity index (χ1n) is 9.31. The van der Waals surface area contributed by atoms with Gasteiger partial charge in [0, 0.05) is 18.3 Å². The molecule has 24 heavy (non-hydrogen) atoms. The molecule has 1 aliphatic rings. The smallest absolute Gasteiger partial charge is 0.238 e. The zero-order valence-electron chi connectivity index (χ0n) is 15.3. The number of aliphatic hydroxyl groups is 1. The average molecular weight is 332 g/mol. The van der Waals surface area contributed by atoms with E-state index in [2.05, 4.69) is 23.2 Å². The van der Waals surface area contributed by atoms with Gasteiger partial charge in [0.15, 0.2) is 0 Å². The van der Waals surface area contributed by atoms with Gasteiger partial charge >= 0.3 is 0 Å². The second-order valence-corrected chi connectivity index (χ2v) is 7.08. The Morgan fingerprint density at radius 1 is 1.33 bits per heavy atom. The maximum absolute atomic E-state index is 12.6. The highest BCUT2D eigenvalue weighted by atomic mass is 16.3. The maximum atomic E-state index is 12.6. The molecule has 0 aliphatic heterocycles. The summed E-state index contributed by atoms with van der Waals surface area (Å²) in [6.45, 7) is 6.85. The number of benzene rings is 1. The number of carbonyl (C=O) groups excluding carboxylic acids is 1. The van der Waals surface area contributed by atoms with E-state index in [1.807, 2.05) is 19.1 Å². The molecule has 2 rings (SSSR count). The topological polar surface area (TPSA) is 52.6 Å². The zero-order valence-corrected chi connectivity index (χ0v) is 15.3. The number of anilines is 1. The van der Waals surface area contributed by atoms with E-state index in [9.17, 15) is 9.90 Å². The van der Waals surface area contributed by atoms with Gasteiger partial charge in [0.05, 0.1) is 12.6 Å². The van der Waals surface area contributed by atoms with Crippen LogP contribution in [0.3, 0.4) is 0 Å². The summed E-state index contributed by atoms with van der Waals surface area (Å²) in [6, 6.07) is 6.55. The standard InChI is InChI=1S/C20H32N2O2/c1-4-17-10-8-9-15(2)20(17)21-19(24)14-22(13-16(3)23)18-11-6-5-7-12-18/h8-10,16,18,23H,4-7,11-14H2,1-3H3,(H,21,24). The second-order valence-electron chi connectivity index (χ2n) is 7.08. The van der Waals surface area contributed by atoms with E-state index in [4.69, 9.17) is 0 Å². The highest BCUT2D eigenvalue weighted by Crippen LogP contribution is 2.24. The van der Waals surface area contributed by atoms with Crippen LogP contribution in [-0.4, -0.2) is 41.1 Å². The largest absolute Gasteiger partial charge is 0.392 e. The molecule has 1 fully saturated rings. The summed E-state index contributed by atoms with van der Waals surface area (Å²) >= 11 is 0. The molecule has 0 heterocycles. The van der Waals surface area contributed by atoms with E-state index in [-0.39, 0.29) is 5.91 Å². The summed E-state index contributed by atoms with van der Waals surface area (Å²) in [4.78, 5) is 14.8. The molecule has 0 saturated heterocycles. The van der Waals surface area contributed by atoms with Crippen LogP contribution < -0.4 is 5.32 Å². The van der Waals surface area contributed by atoms with Crippen LogP contribution in [0.2, 0.25) is 0 Å². The number of nitrogens with one attached hydrogen (secondary N) is 1. The molecular weight excluding hydrogens is 300 g/mol. The number of hydrogen-bond acceptors (Lipinski definition) is 3. The lowest BCUT2D eigenvalue weighted by Gasteiger charge is -2.34. The van der Waals surface area contributed by atoms with E-state index in [0.717, 1.165) is 30.5 Å². The third-order valence-corrected chi connectivity index (χ3v) is 4.94. The van der Waals surface area contributed by atoms with Crippen LogP contribution in [-0.2, 0) is 11.2 Å². The fourth-order valence-electron chi connectivity index (χ4n) is 3.69. The number of nitrogens with zero attached hydrogens (tertiary/aromatic N) is 1. The van der Waals surface area contributed by atoms with Gasteiger partial charge in [0.1, 0.15) is 0 Å². The summed E-state index contributed by atoms with van der Waals surface area (Å²) in [5.41, 5.74) is 3.22. The van der Waals surface area contributed by atoms with Gasteiger partial charge in [-0.25, -0.2) is 0 Å². The van der Waals surface area contributed by atoms with Gasteiger partial charge in [-0.2, -0.15) is 0 Å². The Labute approximate surface area is 146 Å². The lowest BCUT2D eigenvalue weighted by molar-refractivity contribution is -0.118. The molecule has 4 nitrogen and oxygen atoms in total. The molecule has 134 valence electrons. The highest BCUT2D eigenvalue weighted by molar-refractivity contribution is 5.93. The Hall–Kier alpha value is -1.39. The molecular formula is C20H32N2O2. The monoisotopic (exact) mass is 332 g/mol. The van der Waals surface area contributed by atoms with Crippen molar-refractivity contribution in [3.8, 4) is 0 Å². The van der Waals surface area contributed by atoms with Crippen molar-refractivity contribution in [1.29, 1.82) is 0 Å². The van der Waals surface area contributed by atoms with Crippen LogP contribution >= 0.6 is 0 Å². The molecule has 1 amide bonds. The van der Waals surface area contributed by atoms with Crippen molar-refractivity contribution in [1.82, 2.24) is 4.90 Å². The quantitative estimate of drug-likeness (QED) is 0.803. The fraction of sp³-hybridized carbons (Fsp3) is 0.650. The molecule has 1 saturated carbocycles. The van der Waals surface area contributed by atoms with Gasteiger partial charge in [-0.1, -0.05) is 44.4 Å². The molecule has 0 aromatic heterocycles. The van der Waals surface area contributed by atoms with Crippen molar-refractivity contribution < 1.29 is 9.90 Å². The number of aliphatic hydroxyl groups excluding tert-OH is 1. The van der Waals surface area contributed by atoms with Crippen molar-refractivity contribution in [2.45, 2.75) is 71.4 Å². The van der Waals surface area contributed by atoms with Crippen LogP contribution in [0.25, 0.3) is 0 Å². The van der Waals surface area contributed by atoms with Crippen LogP contribution in [0.4, 0.5) is 5.69 Å². The maximum Gasteiger partial charge on any atom is 0.238 e. The first-order valence-corrected chi connectivity index (χ1v) is 9.31. The molecule has 4 heteroatoms. The van der Waals surface area contributed by atoms with Crippen LogP contribution in [0.1, 0.15) is 57.1 Å². The van der Waals surface area contributed by atoms with Gasteiger partial charge in [0.2, 0.25) is 5.91 Å². The van der Waals surface area contributed by atoms with Gasteiger partial charge in [-0.3, -0.25) is 9.69 Å².